The first-order valence-corrected chi connectivity index (χ1v) is 4.94. The summed E-state index contributed by atoms with van der Waals surface area (Å²) in [5, 5.41) is 1.10. The summed E-state index contributed by atoms with van der Waals surface area (Å²) < 4.78 is 4.69. The number of esters is 1. The van der Waals surface area contributed by atoms with Crippen LogP contribution in [0.25, 0.3) is 10.9 Å². The van der Waals surface area contributed by atoms with Crippen LogP contribution in [0, 0.1) is 0 Å². The molecule has 0 spiro atoms. The molecule has 1 aromatic carbocycles. The molecule has 2 aromatic rings. The van der Waals surface area contributed by atoms with E-state index >= 15 is 0 Å². The first-order chi connectivity index (χ1) is 7.26. The van der Waals surface area contributed by atoms with E-state index in [1.165, 1.54) is 12.7 Å². The van der Waals surface area contributed by atoms with E-state index in [0.717, 1.165) is 17.3 Å². The zero-order valence-electron chi connectivity index (χ0n) is 8.83. The normalized spacial score (nSPS) is 10.5. The van der Waals surface area contributed by atoms with E-state index in [0.29, 0.717) is 5.56 Å². The van der Waals surface area contributed by atoms with Crippen molar-refractivity contribution in [2.45, 2.75) is 13.3 Å². The van der Waals surface area contributed by atoms with Crippen LogP contribution in [0.4, 0.5) is 0 Å². The molecule has 1 heterocycles. The van der Waals surface area contributed by atoms with Crippen LogP contribution in [0.15, 0.2) is 24.4 Å². The molecule has 0 radical (unpaired) electrons. The molecular formula is C12H13NO2. The number of rotatable bonds is 2. The van der Waals surface area contributed by atoms with Crippen molar-refractivity contribution in [2.75, 3.05) is 7.11 Å². The van der Waals surface area contributed by atoms with E-state index in [9.17, 15) is 4.79 Å². The van der Waals surface area contributed by atoms with Gasteiger partial charge >= 0.3 is 5.97 Å². The molecule has 2 rings (SSSR count). The summed E-state index contributed by atoms with van der Waals surface area (Å²) in [6.07, 6.45) is 2.93. The highest BCUT2D eigenvalue weighted by Gasteiger charge is 2.08. The SMILES string of the molecule is CCc1c[nH]c2ccc(C(=O)OC)cc12. The van der Waals surface area contributed by atoms with Crippen molar-refractivity contribution in [2.24, 2.45) is 0 Å². The molecule has 0 bridgehead atoms. The first-order valence-electron chi connectivity index (χ1n) is 4.94. The third kappa shape index (κ3) is 1.61. The number of fused-ring (bicyclic) bond motifs is 1. The summed E-state index contributed by atoms with van der Waals surface area (Å²) in [5.74, 6) is -0.292. The van der Waals surface area contributed by atoms with Gasteiger partial charge in [-0.15, -0.1) is 0 Å². The smallest absolute Gasteiger partial charge is 0.337 e. The summed E-state index contributed by atoms with van der Waals surface area (Å²) in [6.45, 7) is 2.09. The van der Waals surface area contributed by atoms with E-state index in [2.05, 4.69) is 16.6 Å². The number of carbonyl (C=O) groups excluding carboxylic acids is 1. The van der Waals surface area contributed by atoms with Crippen molar-refractivity contribution < 1.29 is 9.53 Å². The Balaban J connectivity index is 2.57. The molecule has 0 saturated carbocycles. The lowest BCUT2D eigenvalue weighted by molar-refractivity contribution is 0.0601. The van der Waals surface area contributed by atoms with Crippen LogP contribution in [-0.4, -0.2) is 18.1 Å². The van der Waals surface area contributed by atoms with E-state index in [1.54, 1.807) is 6.07 Å². The van der Waals surface area contributed by atoms with Crippen LogP contribution in [0.3, 0.4) is 0 Å². The third-order valence-electron chi connectivity index (χ3n) is 2.57. The maximum absolute atomic E-state index is 11.3. The predicted molar refractivity (Wildman–Crippen MR) is 59.0 cm³/mol. The second kappa shape index (κ2) is 3.77. The molecule has 1 N–H and O–H groups in total. The average Bonchev–Trinajstić information content (AvgIpc) is 2.69. The summed E-state index contributed by atoms with van der Waals surface area (Å²) in [6, 6.07) is 5.54. The van der Waals surface area contributed by atoms with Gasteiger partial charge < -0.3 is 9.72 Å². The Morgan fingerprint density at radius 1 is 1.47 bits per heavy atom. The molecule has 0 aliphatic rings. The van der Waals surface area contributed by atoms with E-state index in [4.69, 9.17) is 0 Å². The Morgan fingerprint density at radius 3 is 2.93 bits per heavy atom. The fourth-order valence-corrected chi connectivity index (χ4v) is 1.72. The molecule has 0 unspecified atom stereocenters. The quantitative estimate of drug-likeness (QED) is 0.762. The maximum Gasteiger partial charge on any atom is 0.337 e. The Bertz CT molecular complexity index is 499. The molecule has 0 fully saturated rings. The number of carbonyl (C=O) groups is 1. The van der Waals surface area contributed by atoms with Crippen LogP contribution in [-0.2, 0) is 11.2 Å². The van der Waals surface area contributed by atoms with Gasteiger partial charge in [-0.05, 0) is 30.2 Å². The lowest BCUT2D eigenvalue weighted by atomic mass is 10.1. The van der Waals surface area contributed by atoms with Crippen molar-refractivity contribution in [3.63, 3.8) is 0 Å². The number of hydrogen-bond donors (Lipinski definition) is 1. The van der Waals surface area contributed by atoms with Gasteiger partial charge in [0.2, 0.25) is 0 Å². The van der Waals surface area contributed by atoms with Gasteiger partial charge in [-0.3, -0.25) is 0 Å². The number of hydrogen-bond acceptors (Lipinski definition) is 2. The fourth-order valence-electron chi connectivity index (χ4n) is 1.72. The van der Waals surface area contributed by atoms with E-state index in [1.807, 2.05) is 18.3 Å². The number of aromatic nitrogens is 1. The Morgan fingerprint density at radius 2 is 2.27 bits per heavy atom. The topological polar surface area (TPSA) is 42.1 Å². The molecule has 0 aliphatic heterocycles. The van der Waals surface area contributed by atoms with Crippen molar-refractivity contribution in [1.29, 1.82) is 0 Å². The average molecular weight is 203 g/mol. The van der Waals surface area contributed by atoms with Crippen LogP contribution >= 0.6 is 0 Å². The van der Waals surface area contributed by atoms with Gasteiger partial charge in [0.25, 0.3) is 0 Å². The lowest BCUT2D eigenvalue weighted by Crippen LogP contribution is -2.00. The maximum atomic E-state index is 11.3. The summed E-state index contributed by atoms with van der Waals surface area (Å²) in [4.78, 5) is 14.5. The van der Waals surface area contributed by atoms with Crippen molar-refractivity contribution in [3.8, 4) is 0 Å². The molecule has 0 saturated heterocycles. The second-order valence-electron chi connectivity index (χ2n) is 3.42. The van der Waals surface area contributed by atoms with Crippen LogP contribution in [0.2, 0.25) is 0 Å². The Labute approximate surface area is 88.1 Å². The number of nitrogens with one attached hydrogen (secondary N) is 1. The van der Waals surface area contributed by atoms with Gasteiger partial charge in [-0.2, -0.15) is 0 Å². The minimum atomic E-state index is -0.292. The minimum absolute atomic E-state index is 0.292. The largest absolute Gasteiger partial charge is 0.465 e. The van der Waals surface area contributed by atoms with Crippen molar-refractivity contribution in [1.82, 2.24) is 4.98 Å². The van der Waals surface area contributed by atoms with Crippen molar-refractivity contribution in [3.05, 3.63) is 35.5 Å². The molecule has 0 atom stereocenters. The van der Waals surface area contributed by atoms with E-state index in [-0.39, 0.29) is 5.97 Å². The molecular weight excluding hydrogens is 190 g/mol. The van der Waals surface area contributed by atoms with Crippen molar-refractivity contribution >= 4 is 16.9 Å². The molecule has 0 aliphatic carbocycles. The zero-order valence-corrected chi connectivity index (χ0v) is 8.83. The number of benzene rings is 1. The molecule has 15 heavy (non-hydrogen) atoms. The predicted octanol–water partition coefficient (Wildman–Crippen LogP) is 2.52. The van der Waals surface area contributed by atoms with Gasteiger partial charge in [0.1, 0.15) is 0 Å². The second-order valence-corrected chi connectivity index (χ2v) is 3.42. The third-order valence-corrected chi connectivity index (χ3v) is 2.57. The fraction of sp³-hybridized carbons (Fsp3) is 0.250. The van der Waals surface area contributed by atoms with Gasteiger partial charge in [-0.25, -0.2) is 4.79 Å². The van der Waals surface area contributed by atoms with Gasteiger partial charge in [0.15, 0.2) is 0 Å². The van der Waals surface area contributed by atoms with Crippen LogP contribution < -0.4 is 0 Å². The molecule has 3 heteroatoms. The summed E-state index contributed by atoms with van der Waals surface area (Å²) in [5.41, 5.74) is 2.87. The summed E-state index contributed by atoms with van der Waals surface area (Å²) in [7, 11) is 1.39. The number of aryl methyl sites for hydroxylation is 1. The van der Waals surface area contributed by atoms with Gasteiger partial charge in [0.05, 0.1) is 12.7 Å². The zero-order chi connectivity index (χ0) is 10.8. The van der Waals surface area contributed by atoms with E-state index < -0.39 is 0 Å². The number of ether oxygens (including phenoxy) is 1. The first kappa shape index (κ1) is 9.77. The Hall–Kier alpha value is -1.77. The van der Waals surface area contributed by atoms with Crippen LogP contribution in [0.5, 0.6) is 0 Å². The number of methoxy groups -OCH3 is 1. The highest BCUT2D eigenvalue weighted by Crippen LogP contribution is 2.20. The van der Waals surface area contributed by atoms with Gasteiger partial charge in [-0.1, -0.05) is 6.92 Å². The van der Waals surface area contributed by atoms with Crippen LogP contribution in [0.1, 0.15) is 22.8 Å². The standard InChI is InChI=1S/C12H13NO2/c1-3-8-7-13-11-5-4-9(6-10(8)11)12(14)15-2/h4-7,13H,3H2,1-2H3. The molecule has 1 aromatic heterocycles. The minimum Gasteiger partial charge on any atom is -0.465 e. The molecule has 0 amide bonds. The highest BCUT2D eigenvalue weighted by atomic mass is 16.5. The highest BCUT2D eigenvalue weighted by molar-refractivity contribution is 5.95. The monoisotopic (exact) mass is 203 g/mol. The molecule has 78 valence electrons. The number of H-pyrrole nitrogens is 1. The Kier molecular flexibility index (Phi) is 2.46. The lowest BCUT2D eigenvalue weighted by Gasteiger charge is -2.00. The van der Waals surface area contributed by atoms with Gasteiger partial charge in [0, 0.05) is 17.1 Å². The number of aromatic amines is 1. The molecule has 3 nitrogen and oxygen atoms in total. The summed E-state index contributed by atoms with van der Waals surface area (Å²) >= 11 is 0.